The van der Waals surface area contributed by atoms with Crippen LogP contribution in [0.2, 0.25) is 0 Å². The van der Waals surface area contributed by atoms with Crippen LogP contribution in [0.25, 0.3) is 17.3 Å². The number of hydrogen-bond acceptors (Lipinski definition) is 7. The molecule has 1 fully saturated rings. The van der Waals surface area contributed by atoms with Gasteiger partial charge in [-0.15, -0.1) is 0 Å². The van der Waals surface area contributed by atoms with Crippen LogP contribution in [0.15, 0.2) is 59.5 Å². The summed E-state index contributed by atoms with van der Waals surface area (Å²) in [4.78, 5) is 27.2. The molecule has 9 heteroatoms. The van der Waals surface area contributed by atoms with E-state index in [2.05, 4.69) is 25.2 Å². The number of para-hydroxylation sites is 1. The average molecular weight is 387 g/mol. The zero-order chi connectivity index (χ0) is 19.8. The van der Waals surface area contributed by atoms with E-state index in [-0.39, 0.29) is 11.8 Å². The molecule has 1 aromatic carbocycles. The van der Waals surface area contributed by atoms with Gasteiger partial charge >= 0.3 is 0 Å². The zero-order valence-corrected chi connectivity index (χ0v) is 15.6. The Balaban J connectivity index is 1.28. The molecule has 0 atom stereocenters. The largest absolute Gasteiger partial charge is 0.338 e. The van der Waals surface area contributed by atoms with E-state index >= 15 is 0 Å². The van der Waals surface area contributed by atoms with Gasteiger partial charge in [0.05, 0.1) is 29.1 Å². The van der Waals surface area contributed by atoms with E-state index < -0.39 is 0 Å². The number of amides is 1. The normalized spacial score (nSPS) is 14.0. The minimum absolute atomic E-state index is 0.00777. The molecule has 4 aromatic rings. The van der Waals surface area contributed by atoms with Crippen molar-refractivity contribution in [3.8, 4) is 17.3 Å². The van der Waals surface area contributed by atoms with Crippen LogP contribution in [-0.4, -0.2) is 53.8 Å². The van der Waals surface area contributed by atoms with E-state index in [0.29, 0.717) is 36.2 Å². The molecule has 0 spiro atoms. The Hall–Kier alpha value is -3.88. The summed E-state index contributed by atoms with van der Waals surface area (Å²) >= 11 is 0. The molecule has 9 nitrogen and oxygen atoms in total. The summed E-state index contributed by atoms with van der Waals surface area (Å²) in [5.74, 6) is 1.22. The quantitative estimate of drug-likeness (QED) is 0.529. The van der Waals surface area contributed by atoms with E-state index in [1.54, 1.807) is 34.2 Å². The van der Waals surface area contributed by atoms with Gasteiger partial charge < -0.3 is 9.42 Å². The molecule has 4 heterocycles. The molecule has 144 valence electrons. The van der Waals surface area contributed by atoms with Crippen LogP contribution in [0.4, 0.5) is 0 Å². The van der Waals surface area contributed by atoms with Crippen molar-refractivity contribution < 1.29 is 9.32 Å². The first-order valence-electron chi connectivity index (χ1n) is 9.21. The van der Waals surface area contributed by atoms with Crippen molar-refractivity contribution in [2.24, 2.45) is 0 Å². The highest BCUT2D eigenvalue weighted by molar-refractivity contribution is 5.95. The maximum Gasteiger partial charge on any atom is 0.257 e. The molecular weight excluding hydrogens is 370 g/mol. The van der Waals surface area contributed by atoms with Gasteiger partial charge in [-0.2, -0.15) is 10.1 Å². The fraction of sp³-hybridized carbons (Fsp3) is 0.200. The minimum Gasteiger partial charge on any atom is -0.338 e. The number of carbonyl (C=O) groups excluding carboxylic acids is 1. The van der Waals surface area contributed by atoms with Crippen LogP contribution < -0.4 is 0 Å². The Bertz CT molecular complexity index is 1150. The van der Waals surface area contributed by atoms with Gasteiger partial charge in [0.2, 0.25) is 17.5 Å². The molecule has 29 heavy (non-hydrogen) atoms. The second kappa shape index (κ2) is 6.93. The summed E-state index contributed by atoms with van der Waals surface area (Å²) < 4.78 is 7.12. The zero-order valence-electron chi connectivity index (χ0n) is 15.6. The first kappa shape index (κ1) is 17.2. The molecule has 1 aliphatic rings. The molecule has 0 N–H and O–H groups in total. The van der Waals surface area contributed by atoms with Crippen LogP contribution >= 0.6 is 0 Å². The number of likely N-dealkylation sites (tertiary alicyclic amines) is 1. The summed E-state index contributed by atoms with van der Waals surface area (Å²) in [5.41, 5.74) is 2.33. The van der Waals surface area contributed by atoms with E-state index in [4.69, 9.17) is 4.52 Å². The fourth-order valence-corrected chi connectivity index (χ4v) is 3.33. The van der Waals surface area contributed by atoms with Gasteiger partial charge in [-0.05, 0) is 25.1 Å². The average Bonchev–Trinajstić information content (AvgIpc) is 3.35. The van der Waals surface area contributed by atoms with Gasteiger partial charge in [0.1, 0.15) is 0 Å². The van der Waals surface area contributed by atoms with Gasteiger partial charge in [0.25, 0.3) is 5.91 Å². The topological polar surface area (TPSA) is 103 Å². The SMILES string of the molecule is Cc1c(C(=O)N2CC(c3nc(-c4ncccn4)no3)C2)cnn1-c1ccccc1. The third kappa shape index (κ3) is 3.06. The lowest BCUT2D eigenvalue weighted by atomic mass is 9.99. The second-order valence-corrected chi connectivity index (χ2v) is 6.83. The number of rotatable bonds is 4. The third-order valence-corrected chi connectivity index (χ3v) is 4.97. The highest BCUT2D eigenvalue weighted by Gasteiger charge is 2.37. The number of benzene rings is 1. The summed E-state index contributed by atoms with van der Waals surface area (Å²) in [6.07, 6.45) is 4.87. The number of carbonyl (C=O) groups is 1. The molecule has 3 aromatic heterocycles. The molecule has 0 aliphatic carbocycles. The lowest BCUT2D eigenvalue weighted by molar-refractivity contribution is 0.0568. The van der Waals surface area contributed by atoms with Crippen molar-refractivity contribution >= 4 is 5.91 Å². The predicted molar refractivity (Wildman–Crippen MR) is 102 cm³/mol. The van der Waals surface area contributed by atoms with Gasteiger partial charge in [-0.3, -0.25) is 4.79 Å². The fourth-order valence-electron chi connectivity index (χ4n) is 3.33. The van der Waals surface area contributed by atoms with Crippen molar-refractivity contribution in [1.82, 2.24) is 34.8 Å². The lowest BCUT2D eigenvalue weighted by Crippen LogP contribution is -2.48. The predicted octanol–water partition coefficient (Wildman–Crippen LogP) is 2.26. The lowest BCUT2D eigenvalue weighted by Gasteiger charge is -2.36. The van der Waals surface area contributed by atoms with Crippen molar-refractivity contribution in [2.45, 2.75) is 12.8 Å². The Morgan fingerprint density at radius 1 is 1.07 bits per heavy atom. The number of hydrogen-bond donors (Lipinski definition) is 0. The molecular formula is C20H17N7O2. The van der Waals surface area contributed by atoms with Crippen molar-refractivity contribution in [1.29, 1.82) is 0 Å². The highest BCUT2D eigenvalue weighted by Crippen LogP contribution is 2.29. The smallest absolute Gasteiger partial charge is 0.257 e. The highest BCUT2D eigenvalue weighted by atomic mass is 16.5. The molecule has 1 saturated heterocycles. The van der Waals surface area contributed by atoms with Crippen LogP contribution in [0.1, 0.15) is 27.9 Å². The van der Waals surface area contributed by atoms with Crippen molar-refractivity contribution in [3.05, 3.63) is 72.1 Å². The summed E-state index contributed by atoms with van der Waals surface area (Å²) in [6.45, 7) is 2.94. The van der Waals surface area contributed by atoms with Crippen LogP contribution in [-0.2, 0) is 0 Å². The second-order valence-electron chi connectivity index (χ2n) is 6.83. The van der Waals surface area contributed by atoms with Crippen molar-refractivity contribution in [2.75, 3.05) is 13.1 Å². The minimum atomic E-state index is -0.0490. The maximum absolute atomic E-state index is 12.9. The van der Waals surface area contributed by atoms with Crippen molar-refractivity contribution in [3.63, 3.8) is 0 Å². The van der Waals surface area contributed by atoms with Crippen LogP contribution in [0.5, 0.6) is 0 Å². The number of aromatic nitrogens is 6. The summed E-state index contributed by atoms with van der Waals surface area (Å²) in [6, 6.07) is 11.5. The molecule has 1 aliphatic heterocycles. The van der Waals surface area contributed by atoms with Crippen LogP contribution in [0.3, 0.4) is 0 Å². The first-order chi connectivity index (χ1) is 14.2. The standard InChI is InChI=1S/C20H17N7O2/c1-13-16(10-23-27(13)15-6-3-2-4-7-15)20(28)26-11-14(12-26)19-24-18(25-29-19)17-21-8-5-9-22-17/h2-10,14H,11-12H2,1H3. The molecule has 0 radical (unpaired) electrons. The molecule has 0 saturated carbocycles. The van der Waals surface area contributed by atoms with Crippen LogP contribution in [0, 0.1) is 6.92 Å². The Kier molecular flexibility index (Phi) is 4.12. The molecule has 0 unspecified atom stereocenters. The van der Waals surface area contributed by atoms with Gasteiger partial charge in [-0.25, -0.2) is 14.6 Å². The third-order valence-electron chi connectivity index (χ3n) is 4.97. The maximum atomic E-state index is 12.9. The van der Waals surface area contributed by atoms with Gasteiger partial charge in [0, 0.05) is 25.5 Å². The summed E-state index contributed by atoms with van der Waals surface area (Å²) in [7, 11) is 0. The monoisotopic (exact) mass is 387 g/mol. The van der Waals surface area contributed by atoms with E-state index in [1.165, 1.54) is 0 Å². The van der Waals surface area contributed by atoms with E-state index in [9.17, 15) is 4.79 Å². The Morgan fingerprint density at radius 2 is 1.83 bits per heavy atom. The van der Waals surface area contributed by atoms with E-state index in [0.717, 1.165) is 11.4 Å². The molecule has 1 amide bonds. The molecule has 5 rings (SSSR count). The Labute approximate surface area is 166 Å². The number of nitrogens with zero attached hydrogens (tertiary/aromatic N) is 7. The van der Waals surface area contributed by atoms with Gasteiger partial charge in [-0.1, -0.05) is 23.4 Å². The summed E-state index contributed by atoms with van der Waals surface area (Å²) in [5, 5.41) is 8.32. The first-order valence-corrected chi connectivity index (χ1v) is 9.21. The van der Waals surface area contributed by atoms with E-state index in [1.807, 2.05) is 37.3 Å². The Morgan fingerprint density at radius 3 is 2.59 bits per heavy atom. The molecule has 0 bridgehead atoms. The van der Waals surface area contributed by atoms with Gasteiger partial charge in [0.15, 0.2) is 0 Å².